The van der Waals surface area contributed by atoms with Crippen LogP contribution in [0.3, 0.4) is 0 Å². The summed E-state index contributed by atoms with van der Waals surface area (Å²) in [6.07, 6.45) is 8.24. The first-order valence-corrected chi connectivity index (χ1v) is 5.93. The predicted molar refractivity (Wildman–Crippen MR) is 59.1 cm³/mol. The van der Waals surface area contributed by atoms with Crippen molar-refractivity contribution in [3.8, 4) is 0 Å². The third-order valence-electron chi connectivity index (χ3n) is 2.52. The second-order valence-electron chi connectivity index (χ2n) is 3.77. The fraction of sp³-hybridized carbons (Fsp3) is 1.00. The van der Waals surface area contributed by atoms with Gasteiger partial charge in [0.25, 0.3) is 0 Å². The maximum Gasteiger partial charge on any atom is 0.0576 e. The predicted octanol–water partition coefficient (Wildman–Crippen LogP) is 4.16. The van der Waals surface area contributed by atoms with Gasteiger partial charge in [-0.15, -0.1) is 0 Å². The lowest BCUT2D eigenvalue weighted by atomic mass is 10.1. The Morgan fingerprint density at radius 1 is 0.769 bits per heavy atom. The largest absolute Gasteiger partial charge is 0.375 e. The van der Waals surface area contributed by atoms with Crippen LogP contribution in [-0.4, -0.2) is 12.2 Å². The van der Waals surface area contributed by atoms with Crippen molar-refractivity contribution >= 4 is 0 Å². The van der Waals surface area contributed by atoms with Gasteiger partial charge in [-0.05, 0) is 25.7 Å². The Labute approximate surface area is 83.9 Å². The first-order chi connectivity index (χ1) is 6.28. The number of ether oxygens (including phenoxy) is 1. The van der Waals surface area contributed by atoms with Crippen LogP contribution in [0.1, 0.15) is 66.2 Å². The Morgan fingerprint density at radius 2 is 1.15 bits per heavy atom. The molecule has 0 saturated heterocycles. The van der Waals surface area contributed by atoms with Crippen LogP contribution in [0.2, 0.25) is 0 Å². The lowest BCUT2D eigenvalue weighted by molar-refractivity contribution is -0.0241. The Morgan fingerprint density at radius 3 is 1.38 bits per heavy atom. The van der Waals surface area contributed by atoms with E-state index in [9.17, 15) is 0 Å². The molecular weight excluding hydrogens is 160 g/mol. The first-order valence-electron chi connectivity index (χ1n) is 5.93. The molecule has 80 valence electrons. The quantitative estimate of drug-likeness (QED) is 0.553. The minimum Gasteiger partial charge on any atom is -0.375 e. The Hall–Kier alpha value is -0.0400. The molecule has 1 nitrogen and oxygen atoms in total. The molecule has 2 unspecified atom stereocenters. The van der Waals surface area contributed by atoms with Gasteiger partial charge in [-0.1, -0.05) is 40.5 Å². The number of rotatable bonds is 8. The summed E-state index contributed by atoms with van der Waals surface area (Å²) < 4.78 is 6.03. The summed E-state index contributed by atoms with van der Waals surface area (Å²) in [5, 5.41) is 0. The smallest absolute Gasteiger partial charge is 0.0576 e. The molecule has 0 saturated carbocycles. The van der Waals surface area contributed by atoms with E-state index in [0.29, 0.717) is 12.2 Å². The summed E-state index contributed by atoms with van der Waals surface area (Å²) in [6, 6.07) is 0. The Kier molecular flexibility index (Phi) is 8.53. The van der Waals surface area contributed by atoms with E-state index in [0.717, 1.165) is 12.8 Å². The highest BCUT2D eigenvalue weighted by Crippen LogP contribution is 2.14. The fourth-order valence-electron chi connectivity index (χ4n) is 1.65. The molecule has 0 aromatic carbocycles. The highest BCUT2D eigenvalue weighted by atomic mass is 16.5. The van der Waals surface area contributed by atoms with Crippen LogP contribution in [0.25, 0.3) is 0 Å². The summed E-state index contributed by atoms with van der Waals surface area (Å²) in [4.78, 5) is 0. The van der Waals surface area contributed by atoms with Crippen molar-refractivity contribution in [3.05, 3.63) is 0 Å². The molecule has 0 amide bonds. The van der Waals surface area contributed by atoms with Crippen LogP contribution in [0, 0.1) is 0 Å². The molecule has 0 N–H and O–H groups in total. The highest BCUT2D eigenvalue weighted by molar-refractivity contribution is 4.60. The molecule has 13 heavy (non-hydrogen) atoms. The van der Waals surface area contributed by atoms with E-state index < -0.39 is 0 Å². The molecule has 1 heteroatoms. The lowest BCUT2D eigenvalue weighted by Crippen LogP contribution is -2.21. The number of hydrogen-bond acceptors (Lipinski definition) is 1. The van der Waals surface area contributed by atoms with Crippen molar-refractivity contribution in [1.29, 1.82) is 0 Å². The summed E-state index contributed by atoms with van der Waals surface area (Å²) in [6.45, 7) is 8.90. The maximum atomic E-state index is 6.03. The van der Waals surface area contributed by atoms with Crippen LogP contribution >= 0.6 is 0 Å². The zero-order chi connectivity index (χ0) is 10.1. The summed E-state index contributed by atoms with van der Waals surface area (Å²) in [5.41, 5.74) is 0. The van der Waals surface area contributed by atoms with E-state index in [2.05, 4.69) is 27.7 Å². The van der Waals surface area contributed by atoms with Gasteiger partial charge >= 0.3 is 0 Å². The summed E-state index contributed by atoms with van der Waals surface area (Å²) >= 11 is 0. The van der Waals surface area contributed by atoms with Crippen molar-refractivity contribution in [2.75, 3.05) is 0 Å². The van der Waals surface area contributed by atoms with Gasteiger partial charge < -0.3 is 4.74 Å². The average Bonchev–Trinajstić information content (AvgIpc) is 2.16. The Bertz CT molecular complexity index is 89.3. The summed E-state index contributed by atoms with van der Waals surface area (Å²) in [5.74, 6) is 0. The minimum atomic E-state index is 0.501. The normalized spacial score (nSPS) is 15.7. The van der Waals surface area contributed by atoms with E-state index in [1.54, 1.807) is 0 Å². The van der Waals surface area contributed by atoms with Crippen molar-refractivity contribution < 1.29 is 4.74 Å². The topological polar surface area (TPSA) is 9.23 Å². The van der Waals surface area contributed by atoms with E-state index in [4.69, 9.17) is 4.74 Å². The highest BCUT2D eigenvalue weighted by Gasteiger charge is 2.11. The van der Waals surface area contributed by atoms with Crippen LogP contribution in [0.15, 0.2) is 0 Å². The molecule has 0 aromatic rings. The van der Waals surface area contributed by atoms with Gasteiger partial charge in [0.1, 0.15) is 0 Å². The molecule has 0 heterocycles. The fourth-order valence-corrected chi connectivity index (χ4v) is 1.65. The van der Waals surface area contributed by atoms with Crippen LogP contribution in [-0.2, 0) is 4.74 Å². The van der Waals surface area contributed by atoms with Crippen molar-refractivity contribution in [2.24, 2.45) is 0 Å². The monoisotopic (exact) mass is 186 g/mol. The third-order valence-corrected chi connectivity index (χ3v) is 2.52. The van der Waals surface area contributed by atoms with E-state index in [1.807, 2.05) is 0 Å². The maximum absolute atomic E-state index is 6.03. The third kappa shape index (κ3) is 6.09. The van der Waals surface area contributed by atoms with Gasteiger partial charge in [0, 0.05) is 0 Å². The standard InChI is InChI=1S/C12H26O/c1-5-9-11(7-3)13-12(8-4)10-6-2/h11-12H,5-10H2,1-4H3. The molecule has 2 atom stereocenters. The van der Waals surface area contributed by atoms with E-state index in [1.165, 1.54) is 25.7 Å². The second kappa shape index (κ2) is 8.55. The van der Waals surface area contributed by atoms with Gasteiger partial charge in [-0.3, -0.25) is 0 Å². The zero-order valence-corrected chi connectivity index (χ0v) is 9.81. The van der Waals surface area contributed by atoms with Gasteiger partial charge in [0.15, 0.2) is 0 Å². The molecule has 0 rings (SSSR count). The molecule has 0 bridgehead atoms. The first kappa shape index (κ1) is 13.0. The molecule has 0 spiro atoms. The van der Waals surface area contributed by atoms with Crippen LogP contribution in [0.4, 0.5) is 0 Å². The molecule has 0 aromatic heterocycles. The van der Waals surface area contributed by atoms with Crippen molar-refractivity contribution in [3.63, 3.8) is 0 Å². The average molecular weight is 186 g/mol. The van der Waals surface area contributed by atoms with E-state index in [-0.39, 0.29) is 0 Å². The van der Waals surface area contributed by atoms with Crippen LogP contribution < -0.4 is 0 Å². The van der Waals surface area contributed by atoms with E-state index >= 15 is 0 Å². The zero-order valence-electron chi connectivity index (χ0n) is 9.81. The number of hydrogen-bond donors (Lipinski definition) is 0. The molecule has 0 radical (unpaired) electrons. The van der Waals surface area contributed by atoms with Crippen molar-refractivity contribution in [2.45, 2.75) is 78.4 Å². The molecular formula is C12H26O. The van der Waals surface area contributed by atoms with Crippen molar-refractivity contribution in [1.82, 2.24) is 0 Å². The molecule has 0 aliphatic carbocycles. The molecule has 0 fully saturated rings. The van der Waals surface area contributed by atoms with Gasteiger partial charge in [0.2, 0.25) is 0 Å². The van der Waals surface area contributed by atoms with Crippen LogP contribution in [0.5, 0.6) is 0 Å². The Balaban J connectivity index is 3.73. The molecule has 0 aliphatic rings. The molecule has 0 aliphatic heterocycles. The van der Waals surface area contributed by atoms with Gasteiger partial charge in [0.05, 0.1) is 12.2 Å². The minimum absolute atomic E-state index is 0.501. The summed E-state index contributed by atoms with van der Waals surface area (Å²) in [7, 11) is 0. The second-order valence-corrected chi connectivity index (χ2v) is 3.77. The SMILES string of the molecule is CCCC(CC)OC(CC)CCC. The van der Waals surface area contributed by atoms with Gasteiger partial charge in [-0.2, -0.15) is 0 Å². The lowest BCUT2D eigenvalue weighted by Gasteiger charge is -2.22. The van der Waals surface area contributed by atoms with Gasteiger partial charge in [-0.25, -0.2) is 0 Å².